The van der Waals surface area contributed by atoms with Crippen molar-refractivity contribution in [2.45, 2.75) is 123 Å². The molecule has 8 nitrogen and oxygen atoms in total. The number of rotatable bonds is 26. The van der Waals surface area contributed by atoms with Gasteiger partial charge in [-0.1, -0.05) is 104 Å². The van der Waals surface area contributed by atoms with Crippen LogP contribution in [0.3, 0.4) is 0 Å². The maximum atomic E-state index is 12.0. The molecule has 37 heavy (non-hydrogen) atoms. The molecular formula is C28H59NO7P+. The van der Waals surface area contributed by atoms with Crippen molar-refractivity contribution < 1.29 is 37.6 Å². The van der Waals surface area contributed by atoms with Crippen LogP contribution in [0.5, 0.6) is 0 Å². The Hall–Kier alpha value is -0.500. The van der Waals surface area contributed by atoms with Crippen LogP contribution < -0.4 is 0 Å². The van der Waals surface area contributed by atoms with Gasteiger partial charge in [0.15, 0.2) is 0 Å². The van der Waals surface area contributed by atoms with E-state index in [1.54, 1.807) is 0 Å². The van der Waals surface area contributed by atoms with E-state index in [4.69, 9.17) is 13.8 Å². The van der Waals surface area contributed by atoms with Crippen molar-refractivity contribution in [2.75, 3.05) is 47.5 Å². The molecule has 0 aliphatic carbocycles. The number of likely N-dealkylation sites (N-methyl/N-ethyl adjacent to an activating group) is 1. The van der Waals surface area contributed by atoms with E-state index in [9.17, 15) is 19.4 Å². The molecule has 0 radical (unpaired) electrons. The third-order valence-corrected chi connectivity index (χ3v) is 7.55. The van der Waals surface area contributed by atoms with E-state index >= 15 is 0 Å². The van der Waals surface area contributed by atoms with Crippen LogP contribution in [0.25, 0.3) is 0 Å². The van der Waals surface area contributed by atoms with Crippen molar-refractivity contribution in [1.29, 1.82) is 0 Å². The molecular weight excluding hydrogens is 493 g/mol. The predicted octanol–water partition coefficient (Wildman–Crippen LogP) is 6.63. The summed E-state index contributed by atoms with van der Waals surface area (Å²) < 4.78 is 27.5. The molecule has 0 amide bonds. The Morgan fingerprint density at radius 2 is 1.35 bits per heavy atom. The average Bonchev–Trinajstić information content (AvgIpc) is 2.81. The lowest BCUT2D eigenvalue weighted by Gasteiger charge is -2.24. The van der Waals surface area contributed by atoms with Crippen LogP contribution in [0.2, 0.25) is 0 Å². The minimum atomic E-state index is -4.26. The summed E-state index contributed by atoms with van der Waals surface area (Å²) in [7, 11) is 1.55. The van der Waals surface area contributed by atoms with E-state index in [1.165, 1.54) is 77.0 Å². The highest BCUT2D eigenvalue weighted by Gasteiger charge is 2.25. The van der Waals surface area contributed by atoms with Gasteiger partial charge in [-0.3, -0.25) is 13.8 Å². The summed E-state index contributed by atoms with van der Waals surface area (Å²) in [6, 6.07) is 0. The highest BCUT2D eigenvalue weighted by atomic mass is 31.2. The number of carbonyl (C=O) groups excluding carboxylic acids is 1. The first-order chi connectivity index (χ1) is 17.5. The predicted molar refractivity (Wildman–Crippen MR) is 150 cm³/mol. The first-order valence-electron chi connectivity index (χ1n) is 14.7. The van der Waals surface area contributed by atoms with Gasteiger partial charge in [0.05, 0.1) is 34.4 Å². The lowest BCUT2D eigenvalue weighted by molar-refractivity contribution is -0.870. The number of phosphoric ester groups is 1. The number of carbonyl (C=O) groups is 1. The third-order valence-electron chi connectivity index (χ3n) is 6.57. The fraction of sp³-hybridized carbons (Fsp3) is 0.964. The van der Waals surface area contributed by atoms with E-state index in [0.717, 1.165) is 25.2 Å². The first-order valence-corrected chi connectivity index (χ1v) is 16.2. The summed E-state index contributed by atoms with van der Waals surface area (Å²) in [6.45, 7) is 4.36. The van der Waals surface area contributed by atoms with E-state index in [-0.39, 0.29) is 13.0 Å². The largest absolute Gasteiger partial charge is 0.472 e. The first kappa shape index (κ1) is 36.5. The fourth-order valence-electron chi connectivity index (χ4n) is 4.08. The molecule has 0 aromatic carbocycles. The number of quaternary nitrogens is 1. The number of unbranched alkanes of at least 4 members (excludes halogenated alkanes) is 11. The minimum Gasteiger partial charge on any atom is -0.457 e. The van der Waals surface area contributed by atoms with Crippen molar-refractivity contribution in [3.8, 4) is 0 Å². The van der Waals surface area contributed by atoms with Crippen LogP contribution in [-0.2, 0) is 23.1 Å². The van der Waals surface area contributed by atoms with Gasteiger partial charge in [0.2, 0.25) is 0 Å². The van der Waals surface area contributed by atoms with Gasteiger partial charge in [0.25, 0.3) is 0 Å². The van der Waals surface area contributed by atoms with E-state index in [0.29, 0.717) is 11.0 Å². The monoisotopic (exact) mass is 552 g/mol. The molecule has 0 rings (SSSR count). The topological polar surface area (TPSA) is 102 Å². The van der Waals surface area contributed by atoms with Gasteiger partial charge in [-0.15, -0.1) is 0 Å². The molecule has 0 heterocycles. The Balaban J connectivity index is 3.74. The Morgan fingerprint density at radius 1 is 0.838 bits per heavy atom. The van der Waals surface area contributed by atoms with Crippen LogP contribution in [0, 0.1) is 5.92 Å². The Bertz CT molecular complexity index is 598. The van der Waals surface area contributed by atoms with Crippen LogP contribution in [0.4, 0.5) is 0 Å². The molecule has 0 saturated heterocycles. The van der Waals surface area contributed by atoms with E-state index < -0.39 is 33.1 Å². The number of aliphatic hydroxyl groups excluding tert-OH is 1. The molecule has 3 atom stereocenters. The van der Waals surface area contributed by atoms with Crippen molar-refractivity contribution in [2.24, 2.45) is 5.92 Å². The summed E-state index contributed by atoms with van der Waals surface area (Å²) in [4.78, 5) is 21.8. The minimum absolute atomic E-state index is 0.0547. The van der Waals surface area contributed by atoms with Gasteiger partial charge in [-0.25, -0.2) is 4.57 Å². The van der Waals surface area contributed by atoms with Crippen LogP contribution >= 0.6 is 7.82 Å². The van der Waals surface area contributed by atoms with Gasteiger partial charge in [0.1, 0.15) is 19.3 Å². The second kappa shape index (κ2) is 22.3. The number of nitrogens with zero attached hydrogens (tertiary/aromatic N) is 1. The van der Waals surface area contributed by atoms with Crippen molar-refractivity contribution in [3.63, 3.8) is 0 Å². The van der Waals surface area contributed by atoms with Crippen molar-refractivity contribution in [1.82, 2.24) is 0 Å². The van der Waals surface area contributed by atoms with Gasteiger partial charge in [-0.05, 0) is 12.3 Å². The van der Waals surface area contributed by atoms with E-state index in [1.807, 2.05) is 21.1 Å². The molecule has 0 fully saturated rings. The number of ether oxygens (including phenoxy) is 1. The third kappa shape index (κ3) is 25.5. The molecule has 0 bridgehead atoms. The molecule has 222 valence electrons. The SMILES string of the molecule is CCCCCCCCCC(C)CCCCCCCCC(=O)O[C@@H](CO)COP(=O)(O)OCC[N+](C)(C)C. The molecule has 0 saturated carbocycles. The summed E-state index contributed by atoms with van der Waals surface area (Å²) in [5.74, 6) is 0.392. The number of hydrogen-bond acceptors (Lipinski definition) is 6. The van der Waals surface area contributed by atoms with Crippen molar-refractivity contribution in [3.05, 3.63) is 0 Å². The lowest BCUT2D eigenvalue weighted by atomic mass is 9.96. The van der Waals surface area contributed by atoms with Gasteiger partial charge in [0, 0.05) is 6.42 Å². The van der Waals surface area contributed by atoms with Crippen molar-refractivity contribution >= 4 is 13.8 Å². The van der Waals surface area contributed by atoms with Gasteiger partial charge >= 0.3 is 13.8 Å². The van der Waals surface area contributed by atoms with Crippen LogP contribution in [-0.4, -0.2) is 74.1 Å². The second-order valence-electron chi connectivity index (χ2n) is 11.6. The quantitative estimate of drug-likeness (QED) is 0.0537. The smallest absolute Gasteiger partial charge is 0.457 e. The summed E-state index contributed by atoms with van der Waals surface area (Å²) >= 11 is 0. The zero-order valence-corrected chi connectivity index (χ0v) is 25.5. The number of aliphatic hydroxyl groups is 1. The Labute approximate surface area is 227 Å². The number of phosphoric acid groups is 1. The normalized spacial score (nSPS) is 15.3. The van der Waals surface area contributed by atoms with Gasteiger partial charge < -0.3 is 19.2 Å². The van der Waals surface area contributed by atoms with Gasteiger partial charge in [-0.2, -0.15) is 0 Å². The molecule has 2 unspecified atom stereocenters. The Kier molecular flexibility index (Phi) is 22.0. The lowest BCUT2D eigenvalue weighted by Crippen LogP contribution is -2.37. The maximum absolute atomic E-state index is 12.0. The van der Waals surface area contributed by atoms with Crippen LogP contribution in [0.15, 0.2) is 0 Å². The molecule has 2 N–H and O–H groups in total. The number of esters is 1. The zero-order chi connectivity index (χ0) is 28.0. The molecule has 0 aromatic rings. The summed E-state index contributed by atoms with van der Waals surface area (Å²) in [6.07, 6.45) is 18.1. The molecule has 0 aromatic heterocycles. The second-order valence-corrected chi connectivity index (χ2v) is 13.0. The fourth-order valence-corrected chi connectivity index (χ4v) is 4.82. The summed E-state index contributed by atoms with van der Waals surface area (Å²) in [5, 5.41) is 9.41. The highest BCUT2D eigenvalue weighted by Crippen LogP contribution is 2.43. The summed E-state index contributed by atoms with van der Waals surface area (Å²) in [5.41, 5.74) is 0. The number of hydrogen-bond donors (Lipinski definition) is 2. The average molecular weight is 553 g/mol. The zero-order valence-electron chi connectivity index (χ0n) is 24.6. The van der Waals surface area contributed by atoms with E-state index in [2.05, 4.69) is 13.8 Å². The van der Waals surface area contributed by atoms with Crippen LogP contribution in [0.1, 0.15) is 117 Å². The molecule has 0 spiro atoms. The molecule has 9 heteroatoms. The Morgan fingerprint density at radius 3 is 1.86 bits per heavy atom. The molecule has 0 aliphatic heterocycles. The standard InChI is InChI=1S/C28H58NO7P/c1-6-7-8-9-10-13-16-19-26(2)20-17-14-11-12-15-18-21-28(31)36-27(24-30)25-35-37(32,33)34-23-22-29(3,4)5/h26-27,30H,6-25H2,1-5H3/p+1/t26?,27-/m0/s1. The molecule has 0 aliphatic rings. The maximum Gasteiger partial charge on any atom is 0.472 e. The highest BCUT2D eigenvalue weighted by molar-refractivity contribution is 7.47.